The molecule has 4 aromatic rings. The molecule has 1 saturated heterocycles. The number of thiazole rings is 2. The zero-order valence-corrected chi connectivity index (χ0v) is 20.2. The van der Waals surface area contributed by atoms with E-state index in [1.165, 1.54) is 15.6 Å². The van der Waals surface area contributed by atoms with Crippen LogP contribution in [0.25, 0.3) is 21.5 Å². The molecule has 0 bridgehead atoms. The zero-order valence-electron chi connectivity index (χ0n) is 17.0. The molecule has 8 nitrogen and oxygen atoms in total. The summed E-state index contributed by atoms with van der Waals surface area (Å²) in [5, 5.41) is 13.1. The van der Waals surface area contributed by atoms with Crippen molar-refractivity contribution in [2.45, 2.75) is 10.9 Å². The van der Waals surface area contributed by atoms with E-state index in [2.05, 4.69) is 9.97 Å². The number of halogens is 1. The normalized spacial score (nSPS) is 15.4. The standard InChI is InChI=1S/C21H17ClN4O4S3/c22-13-5-6-15-18(9-13)32-21(24-15)33(29,30)26-8-7-25(20(28)11-26)10-19-23-16(12-31-19)14-3-1-2-4-17(14)27/h1-6,9,12,27H,7-8,10-11H2. The van der Waals surface area contributed by atoms with Crippen LogP contribution in [0.2, 0.25) is 5.02 Å². The molecule has 33 heavy (non-hydrogen) atoms. The third-order valence-electron chi connectivity index (χ3n) is 5.23. The van der Waals surface area contributed by atoms with Crippen LogP contribution in [0.1, 0.15) is 5.01 Å². The van der Waals surface area contributed by atoms with Crippen LogP contribution in [0.15, 0.2) is 52.2 Å². The van der Waals surface area contributed by atoms with Gasteiger partial charge in [0.1, 0.15) is 10.8 Å². The molecule has 3 heterocycles. The molecule has 0 saturated carbocycles. The Morgan fingerprint density at radius 1 is 1.12 bits per heavy atom. The van der Waals surface area contributed by atoms with Crippen LogP contribution in [0.5, 0.6) is 5.75 Å². The number of aromatic nitrogens is 2. The fourth-order valence-corrected chi connectivity index (χ4v) is 7.34. The Balaban J connectivity index is 1.29. The number of nitrogens with zero attached hydrogens (tertiary/aromatic N) is 4. The average Bonchev–Trinajstić information content (AvgIpc) is 3.42. The smallest absolute Gasteiger partial charge is 0.270 e. The number of sulfonamides is 1. The summed E-state index contributed by atoms with van der Waals surface area (Å²) in [6.07, 6.45) is 0. The van der Waals surface area contributed by atoms with Gasteiger partial charge >= 0.3 is 0 Å². The van der Waals surface area contributed by atoms with Crippen molar-refractivity contribution in [1.82, 2.24) is 19.2 Å². The van der Waals surface area contributed by atoms with Gasteiger partial charge in [-0.25, -0.2) is 18.4 Å². The maximum absolute atomic E-state index is 13.1. The molecule has 1 amide bonds. The lowest BCUT2D eigenvalue weighted by molar-refractivity contribution is -0.134. The van der Waals surface area contributed by atoms with E-state index in [9.17, 15) is 18.3 Å². The summed E-state index contributed by atoms with van der Waals surface area (Å²) in [6, 6.07) is 11.9. The summed E-state index contributed by atoms with van der Waals surface area (Å²) in [5.41, 5.74) is 1.81. The van der Waals surface area contributed by atoms with Crippen LogP contribution in [0, 0.1) is 0 Å². The van der Waals surface area contributed by atoms with Crippen LogP contribution in [-0.2, 0) is 21.4 Å². The lowest BCUT2D eigenvalue weighted by Crippen LogP contribution is -2.51. The number of phenolic OH excluding ortho intramolecular Hbond substituents is 1. The highest BCUT2D eigenvalue weighted by Gasteiger charge is 2.35. The largest absolute Gasteiger partial charge is 0.507 e. The number of carbonyl (C=O) groups excluding carboxylic acids is 1. The maximum Gasteiger partial charge on any atom is 0.270 e. The predicted octanol–water partition coefficient (Wildman–Crippen LogP) is 3.81. The van der Waals surface area contributed by atoms with Gasteiger partial charge in [0.15, 0.2) is 0 Å². The average molecular weight is 521 g/mol. The van der Waals surface area contributed by atoms with Crippen molar-refractivity contribution in [2.24, 2.45) is 0 Å². The molecule has 12 heteroatoms. The van der Waals surface area contributed by atoms with Gasteiger partial charge < -0.3 is 10.0 Å². The van der Waals surface area contributed by atoms with Crippen molar-refractivity contribution in [3.8, 4) is 17.0 Å². The SMILES string of the molecule is O=C1CN(S(=O)(=O)c2nc3ccc(Cl)cc3s2)CCN1Cc1nc(-c2ccccc2O)cs1. The number of hydrogen-bond acceptors (Lipinski definition) is 8. The third-order valence-corrected chi connectivity index (χ3v) is 9.52. The molecule has 1 aliphatic rings. The molecule has 0 atom stereocenters. The van der Waals surface area contributed by atoms with E-state index in [1.807, 2.05) is 11.4 Å². The van der Waals surface area contributed by atoms with Gasteiger partial charge in [-0.2, -0.15) is 4.31 Å². The predicted molar refractivity (Wildman–Crippen MR) is 128 cm³/mol. The van der Waals surface area contributed by atoms with Crippen molar-refractivity contribution in [3.63, 3.8) is 0 Å². The molecule has 5 rings (SSSR count). The molecular weight excluding hydrogens is 504 g/mol. The molecule has 0 spiro atoms. The molecule has 1 N–H and O–H groups in total. The third kappa shape index (κ3) is 4.34. The minimum absolute atomic E-state index is 0.0479. The molecule has 170 valence electrons. The fourth-order valence-electron chi connectivity index (χ4n) is 3.52. The summed E-state index contributed by atoms with van der Waals surface area (Å²) < 4.78 is 28.0. The van der Waals surface area contributed by atoms with E-state index in [1.54, 1.807) is 41.3 Å². The Bertz CT molecular complexity index is 1470. The summed E-state index contributed by atoms with van der Waals surface area (Å²) >= 11 is 8.42. The molecular formula is C21H17ClN4O4S3. The molecule has 0 aliphatic carbocycles. The first-order chi connectivity index (χ1) is 15.8. The number of para-hydroxylation sites is 1. The summed E-state index contributed by atoms with van der Waals surface area (Å²) in [5.74, 6) is -0.158. The molecule has 2 aromatic carbocycles. The summed E-state index contributed by atoms with van der Waals surface area (Å²) in [7, 11) is -3.89. The molecule has 2 aromatic heterocycles. The highest BCUT2D eigenvalue weighted by atomic mass is 35.5. The van der Waals surface area contributed by atoms with Gasteiger partial charge in [-0.15, -0.1) is 22.7 Å². The first-order valence-corrected chi connectivity index (χ1v) is 13.4. The Morgan fingerprint density at radius 2 is 1.94 bits per heavy atom. The molecule has 1 fully saturated rings. The minimum atomic E-state index is -3.89. The number of amides is 1. The number of benzene rings is 2. The summed E-state index contributed by atoms with van der Waals surface area (Å²) in [6.45, 7) is 0.448. The van der Waals surface area contributed by atoms with Crippen molar-refractivity contribution in [1.29, 1.82) is 0 Å². The highest BCUT2D eigenvalue weighted by Crippen LogP contribution is 2.31. The molecule has 1 aliphatic heterocycles. The number of fused-ring (bicyclic) bond motifs is 1. The van der Waals surface area contributed by atoms with E-state index < -0.39 is 10.0 Å². The van der Waals surface area contributed by atoms with Gasteiger partial charge in [-0.3, -0.25) is 4.79 Å². The van der Waals surface area contributed by atoms with Crippen LogP contribution in [0.4, 0.5) is 0 Å². The van der Waals surface area contributed by atoms with Crippen molar-refractivity contribution < 1.29 is 18.3 Å². The fraction of sp³-hybridized carbons (Fsp3) is 0.190. The first-order valence-electron chi connectivity index (χ1n) is 9.88. The maximum atomic E-state index is 13.1. The van der Waals surface area contributed by atoms with Crippen molar-refractivity contribution >= 4 is 60.4 Å². The van der Waals surface area contributed by atoms with Gasteiger partial charge in [0, 0.05) is 29.1 Å². The number of hydrogen-bond donors (Lipinski definition) is 1. The Kier molecular flexibility index (Phi) is 5.83. The van der Waals surface area contributed by atoms with E-state index in [0.29, 0.717) is 31.5 Å². The monoisotopic (exact) mass is 520 g/mol. The second-order valence-corrected chi connectivity index (χ2v) is 11.9. The van der Waals surface area contributed by atoms with E-state index in [-0.39, 0.29) is 42.2 Å². The second-order valence-electron chi connectivity index (χ2n) is 7.39. The number of piperazine rings is 1. The second kappa shape index (κ2) is 8.65. The van der Waals surface area contributed by atoms with E-state index >= 15 is 0 Å². The number of aromatic hydroxyl groups is 1. The number of rotatable bonds is 5. The molecule has 0 radical (unpaired) electrons. The van der Waals surface area contributed by atoms with Crippen LogP contribution >= 0.6 is 34.3 Å². The van der Waals surface area contributed by atoms with Crippen molar-refractivity contribution in [2.75, 3.05) is 19.6 Å². The Hall–Kier alpha value is -2.57. The van der Waals surface area contributed by atoms with E-state index in [0.717, 1.165) is 11.3 Å². The Labute approximate surface area is 202 Å². The van der Waals surface area contributed by atoms with Crippen LogP contribution in [0.3, 0.4) is 0 Å². The first kappa shape index (κ1) is 22.2. The highest BCUT2D eigenvalue weighted by molar-refractivity contribution is 7.91. The lowest BCUT2D eigenvalue weighted by atomic mass is 10.1. The van der Waals surface area contributed by atoms with Gasteiger partial charge in [0.2, 0.25) is 10.2 Å². The topological polar surface area (TPSA) is 104 Å². The van der Waals surface area contributed by atoms with Gasteiger partial charge in [-0.05, 0) is 30.3 Å². The van der Waals surface area contributed by atoms with Gasteiger partial charge in [-0.1, -0.05) is 23.7 Å². The van der Waals surface area contributed by atoms with Crippen molar-refractivity contribution in [3.05, 3.63) is 57.9 Å². The van der Waals surface area contributed by atoms with Crippen LogP contribution in [-0.4, -0.2) is 58.2 Å². The van der Waals surface area contributed by atoms with E-state index in [4.69, 9.17) is 11.6 Å². The van der Waals surface area contributed by atoms with Crippen LogP contribution < -0.4 is 0 Å². The zero-order chi connectivity index (χ0) is 23.2. The molecule has 0 unspecified atom stereocenters. The minimum Gasteiger partial charge on any atom is -0.507 e. The summed E-state index contributed by atoms with van der Waals surface area (Å²) in [4.78, 5) is 23.1. The Morgan fingerprint density at radius 3 is 2.73 bits per heavy atom. The number of phenols is 1. The lowest BCUT2D eigenvalue weighted by Gasteiger charge is -2.32. The van der Waals surface area contributed by atoms with Gasteiger partial charge in [0.25, 0.3) is 10.0 Å². The quantitative estimate of drug-likeness (QED) is 0.429. The number of carbonyl (C=O) groups is 1. The van der Waals surface area contributed by atoms with Gasteiger partial charge in [0.05, 0.1) is 29.0 Å².